The zero-order valence-corrected chi connectivity index (χ0v) is 19.4. The van der Waals surface area contributed by atoms with Crippen LogP contribution in [0.4, 0.5) is 21.1 Å². The molecule has 0 aliphatic carbocycles. The number of aromatic nitrogens is 1. The van der Waals surface area contributed by atoms with E-state index < -0.39 is 4.65 Å². The number of nitrogens with zero attached hydrogens (tertiary/aromatic N) is 4. The van der Waals surface area contributed by atoms with Crippen LogP contribution in [-0.4, -0.2) is 66.1 Å². The van der Waals surface area contributed by atoms with Crippen LogP contribution in [0.15, 0.2) is 48.8 Å². The number of pyridine rings is 1. The summed E-state index contributed by atoms with van der Waals surface area (Å²) < 4.78 is -0.450. The number of carbonyl (C=O) groups is 2. The molecule has 9 nitrogen and oxygen atoms in total. The summed E-state index contributed by atoms with van der Waals surface area (Å²) in [7, 11) is 1.57. The minimum Gasteiger partial charge on any atom is -0.324 e. The van der Waals surface area contributed by atoms with Gasteiger partial charge in [0.15, 0.2) is 17.6 Å². The fraction of sp³-hybridized carbons (Fsp3) is 0.400. The van der Waals surface area contributed by atoms with E-state index >= 15 is 0 Å². The molecule has 0 saturated carbocycles. The number of hydrogen-bond donors (Lipinski definition) is 2. The Bertz CT molecular complexity index is 1090. The summed E-state index contributed by atoms with van der Waals surface area (Å²) >= 11 is 0. The Morgan fingerprint density at radius 2 is 1.85 bits per heavy atom. The molecule has 4 heterocycles. The topological polar surface area (TPSA) is 86.8 Å². The molecule has 1 atom stereocenters. The predicted octanol–water partition coefficient (Wildman–Crippen LogP) is 3.80. The average Bonchev–Trinajstić information content (AvgIpc) is 3.54. The fourth-order valence-electron chi connectivity index (χ4n) is 5.09. The van der Waals surface area contributed by atoms with Crippen molar-refractivity contribution in [2.75, 3.05) is 38.5 Å². The number of fused-ring (bicyclic) bond motifs is 1. The van der Waals surface area contributed by atoms with Crippen molar-refractivity contribution in [1.82, 2.24) is 24.7 Å². The maximum Gasteiger partial charge on any atom is 0.468 e. The third-order valence-corrected chi connectivity index (χ3v) is 6.90. The first-order valence-electron chi connectivity index (χ1n) is 11.9. The van der Waals surface area contributed by atoms with E-state index in [1.807, 2.05) is 35.2 Å². The molecule has 2 N–H and O–H groups in total. The minimum absolute atomic E-state index is 0.161. The molecule has 5 rings (SSSR count). The van der Waals surface area contributed by atoms with E-state index in [-0.39, 0.29) is 12.1 Å². The number of urea groups is 2. The van der Waals surface area contributed by atoms with Crippen LogP contribution < -0.4 is 20.1 Å². The number of benzene rings is 1. The summed E-state index contributed by atoms with van der Waals surface area (Å²) in [5.41, 5.74) is 1.62. The molecule has 2 fully saturated rings. The van der Waals surface area contributed by atoms with E-state index in [9.17, 15) is 9.59 Å². The molecule has 3 aliphatic heterocycles. The van der Waals surface area contributed by atoms with Crippen LogP contribution in [-0.2, 0) is 0 Å². The van der Waals surface area contributed by atoms with E-state index in [1.54, 1.807) is 31.6 Å². The number of quaternary nitrogens is 1. The summed E-state index contributed by atoms with van der Waals surface area (Å²) in [4.78, 5) is 40.7. The van der Waals surface area contributed by atoms with E-state index in [0.717, 1.165) is 31.5 Å². The molecule has 4 amide bonds. The number of piperidine rings is 1. The van der Waals surface area contributed by atoms with Crippen molar-refractivity contribution in [1.29, 1.82) is 0 Å². The number of hydroxylamine groups is 2. The summed E-state index contributed by atoms with van der Waals surface area (Å²) in [6, 6.07) is 11.0. The summed E-state index contributed by atoms with van der Waals surface area (Å²) in [5, 5.41) is 5.58. The van der Waals surface area contributed by atoms with E-state index in [4.69, 9.17) is 4.84 Å². The first-order valence-corrected chi connectivity index (χ1v) is 11.9. The zero-order valence-electron chi connectivity index (χ0n) is 19.4. The third kappa shape index (κ3) is 4.24. The third-order valence-electron chi connectivity index (χ3n) is 6.90. The molecule has 178 valence electrons. The first-order chi connectivity index (χ1) is 16.6. The van der Waals surface area contributed by atoms with Gasteiger partial charge in [0, 0.05) is 66.9 Å². The largest absolute Gasteiger partial charge is 0.468 e. The number of amides is 4. The van der Waals surface area contributed by atoms with Gasteiger partial charge in [-0.3, -0.25) is 10.2 Å². The van der Waals surface area contributed by atoms with Crippen LogP contribution in [0.3, 0.4) is 0 Å². The van der Waals surface area contributed by atoms with Gasteiger partial charge in [-0.2, -0.15) is 0 Å². The number of para-hydroxylation sites is 1. The Labute approximate surface area is 199 Å². The van der Waals surface area contributed by atoms with Gasteiger partial charge in [-0.25, -0.2) is 14.6 Å². The van der Waals surface area contributed by atoms with Gasteiger partial charge in [0.1, 0.15) is 5.82 Å². The average molecular weight is 464 g/mol. The standard InChI is InChI=1S/C25H30N6O3/c1-26-25(33)31(17-11-19-6-2-3-7-22(19)31)34-21-8-12-27-23(18-21)28-24(32)30-15-9-20(10-16-30)29-13-4-5-14-29/h2-3,6-8,11-12,17-18,20H,4-5,9-10,13-16H2,1H3,(H-,26,27,28,32,33)/p+1/t31-/m0/s1. The molecule has 3 aliphatic rings. The minimum atomic E-state index is -0.450. The van der Waals surface area contributed by atoms with Crippen LogP contribution in [0.1, 0.15) is 31.2 Å². The lowest BCUT2D eigenvalue weighted by Crippen LogP contribution is -2.55. The summed E-state index contributed by atoms with van der Waals surface area (Å²) in [5.74, 6) is 0.804. The van der Waals surface area contributed by atoms with Crippen LogP contribution >= 0.6 is 0 Å². The van der Waals surface area contributed by atoms with Crippen molar-refractivity contribution in [2.24, 2.45) is 0 Å². The highest BCUT2D eigenvalue weighted by molar-refractivity contribution is 5.93. The van der Waals surface area contributed by atoms with Crippen molar-refractivity contribution in [3.8, 4) is 5.75 Å². The summed E-state index contributed by atoms with van der Waals surface area (Å²) in [6.07, 6.45) is 9.70. The van der Waals surface area contributed by atoms with Gasteiger partial charge in [0.2, 0.25) is 0 Å². The number of hydrogen-bond acceptors (Lipinski definition) is 5. The lowest BCUT2D eigenvalue weighted by molar-refractivity contribution is 0.0423. The van der Waals surface area contributed by atoms with Crippen LogP contribution in [0.5, 0.6) is 5.75 Å². The Kier molecular flexibility index (Phi) is 6.21. The second kappa shape index (κ2) is 9.44. The first kappa shape index (κ1) is 22.4. The van der Waals surface area contributed by atoms with Crippen molar-refractivity contribution in [3.05, 3.63) is 54.4 Å². The number of anilines is 1. The Balaban J connectivity index is 1.26. The molecule has 2 aromatic rings. The zero-order chi connectivity index (χ0) is 23.5. The van der Waals surface area contributed by atoms with Gasteiger partial charge in [0.05, 0.1) is 0 Å². The molecular weight excluding hydrogens is 432 g/mol. The Morgan fingerprint density at radius 3 is 2.62 bits per heavy atom. The quantitative estimate of drug-likeness (QED) is 0.674. The van der Waals surface area contributed by atoms with Gasteiger partial charge < -0.3 is 15.1 Å². The van der Waals surface area contributed by atoms with Gasteiger partial charge >= 0.3 is 12.1 Å². The normalized spacial score (nSPS) is 22.4. The molecular formula is C25H31N6O3+. The lowest BCUT2D eigenvalue weighted by atomic mass is 10.0. The van der Waals surface area contributed by atoms with Crippen molar-refractivity contribution in [3.63, 3.8) is 0 Å². The Hall–Kier alpha value is -3.43. The van der Waals surface area contributed by atoms with Gasteiger partial charge in [-0.1, -0.05) is 12.1 Å². The highest BCUT2D eigenvalue weighted by Gasteiger charge is 2.46. The molecule has 34 heavy (non-hydrogen) atoms. The van der Waals surface area contributed by atoms with E-state index in [0.29, 0.717) is 23.3 Å². The molecule has 0 spiro atoms. The second-order valence-corrected chi connectivity index (χ2v) is 8.95. The van der Waals surface area contributed by atoms with E-state index in [2.05, 4.69) is 20.5 Å². The predicted molar refractivity (Wildman–Crippen MR) is 131 cm³/mol. The molecule has 0 radical (unpaired) electrons. The molecule has 1 aromatic carbocycles. The SMILES string of the molecule is CNC(=O)[N@+]1(Oc2ccnc(NC(=O)N3CCC(N4CCCC4)CC3)c2)C=Cc2ccccc21. The number of carbonyl (C=O) groups excluding carboxylic acids is 2. The molecule has 9 heteroatoms. The molecule has 0 bridgehead atoms. The fourth-order valence-corrected chi connectivity index (χ4v) is 5.09. The monoisotopic (exact) mass is 463 g/mol. The van der Waals surface area contributed by atoms with Gasteiger partial charge in [-0.15, -0.1) is 0 Å². The van der Waals surface area contributed by atoms with Crippen LogP contribution in [0.2, 0.25) is 0 Å². The molecule has 0 unspecified atom stereocenters. The number of rotatable bonds is 4. The van der Waals surface area contributed by atoms with Crippen molar-refractivity contribution >= 4 is 29.6 Å². The highest BCUT2D eigenvalue weighted by atomic mass is 16.7. The molecule has 1 aromatic heterocycles. The smallest absolute Gasteiger partial charge is 0.324 e. The number of nitrogens with one attached hydrogen (secondary N) is 2. The van der Waals surface area contributed by atoms with Crippen LogP contribution in [0.25, 0.3) is 6.08 Å². The van der Waals surface area contributed by atoms with Crippen LogP contribution in [0, 0.1) is 0 Å². The summed E-state index contributed by atoms with van der Waals surface area (Å²) in [6.45, 7) is 3.84. The van der Waals surface area contributed by atoms with Crippen molar-refractivity contribution in [2.45, 2.75) is 31.7 Å². The lowest BCUT2D eigenvalue weighted by Gasteiger charge is -2.36. The Morgan fingerprint density at radius 1 is 1.09 bits per heavy atom. The van der Waals surface area contributed by atoms with Gasteiger partial charge in [-0.05, 0) is 44.8 Å². The maximum atomic E-state index is 12.9. The molecule has 2 saturated heterocycles. The van der Waals surface area contributed by atoms with Crippen molar-refractivity contribution < 1.29 is 14.4 Å². The highest BCUT2D eigenvalue weighted by Crippen LogP contribution is 2.37. The van der Waals surface area contributed by atoms with E-state index in [1.165, 1.54) is 25.9 Å². The second-order valence-electron chi connectivity index (χ2n) is 8.95. The van der Waals surface area contributed by atoms with Gasteiger partial charge in [0.25, 0.3) is 0 Å². The number of likely N-dealkylation sites (tertiary alicyclic amines) is 2. The maximum absolute atomic E-state index is 12.9.